The molecule has 2 atom stereocenters. The summed E-state index contributed by atoms with van der Waals surface area (Å²) in [6, 6.07) is 8.34. The number of carbonyl (C=O) groups excluding carboxylic acids is 1. The van der Waals surface area contributed by atoms with E-state index in [2.05, 4.69) is 23.1 Å². The van der Waals surface area contributed by atoms with Gasteiger partial charge in [0.25, 0.3) is 0 Å². The van der Waals surface area contributed by atoms with Gasteiger partial charge in [0.15, 0.2) is 0 Å². The number of benzene rings is 1. The van der Waals surface area contributed by atoms with E-state index >= 15 is 0 Å². The first-order valence-corrected chi connectivity index (χ1v) is 8.38. The molecule has 1 amide bonds. The smallest absolute Gasteiger partial charge is 0.410 e. The highest BCUT2D eigenvalue weighted by Crippen LogP contribution is 2.35. The molecule has 2 unspecified atom stereocenters. The van der Waals surface area contributed by atoms with Gasteiger partial charge in [0.1, 0.15) is 5.60 Å². The number of nitrogens with two attached hydrogens (primary N) is 1. The molecule has 0 aromatic heterocycles. The quantitative estimate of drug-likeness (QED) is 0.910. The minimum Gasteiger partial charge on any atom is -0.444 e. The monoisotopic (exact) mass is 317 g/mol. The Kier molecular flexibility index (Phi) is 4.23. The molecule has 0 saturated carbocycles. The van der Waals surface area contributed by atoms with Crippen molar-refractivity contribution in [3.63, 3.8) is 0 Å². The molecule has 0 radical (unpaired) electrons. The van der Waals surface area contributed by atoms with Gasteiger partial charge in [-0.1, -0.05) is 18.2 Å². The number of amides is 1. The van der Waals surface area contributed by atoms with Gasteiger partial charge in [-0.25, -0.2) is 4.79 Å². The molecule has 0 spiro atoms. The van der Waals surface area contributed by atoms with Crippen LogP contribution in [0.4, 0.5) is 10.5 Å². The van der Waals surface area contributed by atoms with Crippen molar-refractivity contribution in [1.29, 1.82) is 0 Å². The molecule has 2 saturated heterocycles. The summed E-state index contributed by atoms with van der Waals surface area (Å²) in [5.74, 6) is 1.04. The van der Waals surface area contributed by atoms with Crippen LogP contribution in [0.25, 0.3) is 0 Å². The molecule has 2 heterocycles. The van der Waals surface area contributed by atoms with Crippen LogP contribution in [0.5, 0.6) is 0 Å². The summed E-state index contributed by atoms with van der Waals surface area (Å²) < 4.78 is 5.49. The lowest BCUT2D eigenvalue weighted by atomic mass is 10.0. The van der Waals surface area contributed by atoms with Crippen LogP contribution >= 0.6 is 0 Å². The van der Waals surface area contributed by atoms with Crippen molar-refractivity contribution in [3.8, 4) is 0 Å². The van der Waals surface area contributed by atoms with Crippen LogP contribution in [0, 0.1) is 11.8 Å². The number of likely N-dealkylation sites (tertiary alicyclic amines) is 1. The van der Waals surface area contributed by atoms with E-state index in [4.69, 9.17) is 10.5 Å². The largest absolute Gasteiger partial charge is 0.444 e. The molecule has 126 valence electrons. The summed E-state index contributed by atoms with van der Waals surface area (Å²) >= 11 is 0. The van der Waals surface area contributed by atoms with E-state index in [0.29, 0.717) is 18.4 Å². The van der Waals surface area contributed by atoms with Gasteiger partial charge in [0.05, 0.1) is 0 Å². The van der Waals surface area contributed by atoms with Crippen molar-refractivity contribution >= 4 is 11.8 Å². The Balaban J connectivity index is 1.62. The normalized spacial score (nSPS) is 24.0. The second-order valence-corrected chi connectivity index (χ2v) is 7.64. The fourth-order valence-electron chi connectivity index (χ4n) is 3.66. The van der Waals surface area contributed by atoms with E-state index in [-0.39, 0.29) is 6.09 Å². The molecule has 0 bridgehead atoms. The first-order valence-electron chi connectivity index (χ1n) is 8.38. The predicted octanol–water partition coefficient (Wildman–Crippen LogP) is 2.45. The van der Waals surface area contributed by atoms with Crippen molar-refractivity contribution in [2.45, 2.75) is 32.9 Å². The van der Waals surface area contributed by atoms with Crippen molar-refractivity contribution in [2.75, 3.05) is 31.1 Å². The van der Waals surface area contributed by atoms with Crippen molar-refractivity contribution in [3.05, 3.63) is 29.8 Å². The topological polar surface area (TPSA) is 58.8 Å². The van der Waals surface area contributed by atoms with E-state index in [1.165, 1.54) is 11.3 Å². The van der Waals surface area contributed by atoms with E-state index < -0.39 is 5.60 Å². The number of carbonyl (C=O) groups is 1. The van der Waals surface area contributed by atoms with Crippen molar-refractivity contribution < 1.29 is 9.53 Å². The lowest BCUT2D eigenvalue weighted by Crippen LogP contribution is -2.37. The highest BCUT2D eigenvalue weighted by Gasteiger charge is 2.43. The third-order valence-electron chi connectivity index (χ3n) is 4.69. The zero-order valence-corrected chi connectivity index (χ0v) is 14.3. The summed E-state index contributed by atoms with van der Waals surface area (Å²) in [5, 5.41) is 0. The fourth-order valence-corrected chi connectivity index (χ4v) is 3.66. The average Bonchev–Trinajstić information content (AvgIpc) is 3.03. The SMILES string of the molecule is CC(C)(C)OC(=O)N1CC2CN(c3ccccc3CN)CC2C1. The second-order valence-electron chi connectivity index (χ2n) is 7.64. The summed E-state index contributed by atoms with van der Waals surface area (Å²) in [5.41, 5.74) is 7.86. The molecular weight excluding hydrogens is 290 g/mol. The number of ether oxygens (including phenoxy) is 1. The Morgan fingerprint density at radius 3 is 2.35 bits per heavy atom. The second kappa shape index (κ2) is 6.04. The first-order chi connectivity index (χ1) is 10.9. The maximum absolute atomic E-state index is 12.2. The molecule has 2 N–H and O–H groups in total. The number of para-hydroxylation sites is 1. The number of anilines is 1. The maximum Gasteiger partial charge on any atom is 0.410 e. The van der Waals surface area contributed by atoms with E-state index in [9.17, 15) is 4.79 Å². The Bertz CT molecular complexity index is 568. The van der Waals surface area contributed by atoms with Gasteiger partial charge in [-0.2, -0.15) is 0 Å². The van der Waals surface area contributed by atoms with Crippen LogP contribution in [0.3, 0.4) is 0 Å². The molecule has 2 aliphatic heterocycles. The standard InChI is InChI=1S/C18H27N3O2/c1-18(2,3)23-17(22)21-11-14-9-20(10-15(14)12-21)16-7-5-4-6-13(16)8-19/h4-7,14-15H,8-12,19H2,1-3H3. The van der Waals surface area contributed by atoms with Gasteiger partial charge in [0, 0.05) is 50.2 Å². The molecule has 5 nitrogen and oxygen atoms in total. The summed E-state index contributed by atoms with van der Waals surface area (Å²) in [4.78, 5) is 16.5. The Morgan fingerprint density at radius 2 is 1.78 bits per heavy atom. The predicted molar refractivity (Wildman–Crippen MR) is 91.3 cm³/mol. The van der Waals surface area contributed by atoms with Crippen molar-refractivity contribution in [2.24, 2.45) is 17.6 Å². The Morgan fingerprint density at radius 1 is 1.17 bits per heavy atom. The third-order valence-corrected chi connectivity index (χ3v) is 4.69. The highest BCUT2D eigenvalue weighted by molar-refractivity contribution is 5.68. The average molecular weight is 317 g/mol. The molecule has 2 aliphatic rings. The van der Waals surface area contributed by atoms with Crippen LogP contribution in [0.1, 0.15) is 26.3 Å². The van der Waals surface area contributed by atoms with E-state index in [0.717, 1.165) is 26.2 Å². The lowest BCUT2D eigenvalue weighted by molar-refractivity contribution is 0.0282. The Hall–Kier alpha value is -1.75. The maximum atomic E-state index is 12.2. The van der Waals surface area contributed by atoms with E-state index in [1.807, 2.05) is 31.7 Å². The molecule has 0 aliphatic carbocycles. The molecule has 5 heteroatoms. The van der Waals surface area contributed by atoms with Crippen LogP contribution < -0.4 is 10.6 Å². The van der Waals surface area contributed by atoms with Gasteiger partial charge in [-0.3, -0.25) is 0 Å². The Labute approximate surface area is 138 Å². The highest BCUT2D eigenvalue weighted by atomic mass is 16.6. The number of nitrogens with zero attached hydrogens (tertiary/aromatic N) is 2. The first kappa shape index (κ1) is 16.1. The zero-order valence-electron chi connectivity index (χ0n) is 14.3. The van der Waals surface area contributed by atoms with Crippen LogP contribution in [0.15, 0.2) is 24.3 Å². The summed E-state index contributed by atoms with van der Waals surface area (Å²) in [6.07, 6.45) is -0.180. The van der Waals surface area contributed by atoms with Gasteiger partial charge in [-0.05, 0) is 32.4 Å². The molecular formula is C18H27N3O2. The molecule has 1 aromatic carbocycles. The van der Waals surface area contributed by atoms with Crippen LogP contribution in [-0.4, -0.2) is 42.8 Å². The molecule has 1 aromatic rings. The molecule has 3 rings (SSSR count). The number of hydrogen-bond acceptors (Lipinski definition) is 4. The fraction of sp³-hybridized carbons (Fsp3) is 0.611. The molecule has 2 fully saturated rings. The summed E-state index contributed by atoms with van der Waals surface area (Å²) in [6.45, 7) is 9.85. The summed E-state index contributed by atoms with van der Waals surface area (Å²) in [7, 11) is 0. The zero-order chi connectivity index (χ0) is 16.6. The van der Waals surface area contributed by atoms with Crippen LogP contribution in [0.2, 0.25) is 0 Å². The number of fused-ring (bicyclic) bond motifs is 1. The van der Waals surface area contributed by atoms with Gasteiger partial charge in [0.2, 0.25) is 0 Å². The third kappa shape index (κ3) is 3.44. The number of rotatable bonds is 2. The van der Waals surface area contributed by atoms with Gasteiger partial charge in [-0.15, -0.1) is 0 Å². The van der Waals surface area contributed by atoms with Crippen molar-refractivity contribution in [1.82, 2.24) is 4.90 Å². The van der Waals surface area contributed by atoms with Gasteiger partial charge >= 0.3 is 6.09 Å². The van der Waals surface area contributed by atoms with Gasteiger partial charge < -0.3 is 20.3 Å². The number of hydrogen-bond donors (Lipinski definition) is 1. The van der Waals surface area contributed by atoms with E-state index in [1.54, 1.807) is 0 Å². The van der Waals surface area contributed by atoms with Crippen LogP contribution in [-0.2, 0) is 11.3 Å². The lowest BCUT2D eigenvalue weighted by Gasteiger charge is -2.27. The minimum atomic E-state index is -0.430. The molecule has 23 heavy (non-hydrogen) atoms. The minimum absolute atomic E-state index is 0.180.